The Morgan fingerprint density at radius 3 is 2.88 bits per heavy atom. The first-order valence-corrected chi connectivity index (χ1v) is 9.24. The zero-order valence-corrected chi connectivity index (χ0v) is 14.6. The molecule has 4 heterocycles. The molecule has 2 aromatic heterocycles. The van der Waals surface area contributed by atoms with E-state index in [0.29, 0.717) is 15.9 Å². The predicted octanol–water partition coefficient (Wildman–Crippen LogP) is 2.04. The first-order valence-electron chi connectivity index (χ1n) is 7.95. The first-order chi connectivity index (χ1) is 11.6. The highest BCUT2D eigenvalue weighted by molar-refractivity contribution is 7.80. The number of thiophene rings is 1. The fraction of sp³-hybridized carbons (Fsp3) is 0.353. The van der Waals surface area contributed by atoms with Gasteiger partial charge in [0, 0.05) is 37.3 Å². The third kappa shape index (κ3) is 2.78. The highest BCUT2D eigenvalue weighted by Gasteiger charge is 2.35. The summed E-state index contributed by atoms with van der Waals surface area (Å²) in [5, 5.41) is 5.19. The molecule has 1 N–H and O–H groups in total. The summed E-state index contributed by atoms with van der Waals surface area (Å²) in [4.78, 5) is 27.0. The number of rotatable bonds is 1. The summed E-state index contributed by atoms with van der Waals surface area (Å²) in [5.74, 6) is 0.512. The van der Waals surface area contributed by atoms with Crippen LogP contribution in [0.5, 0.6) is 0 Å². The Kier molecular flexibility index (Phi) is 3.97. The Hall–Kier alpha value is -1.99. The lowest BCUT2D eigenvalue weighted by molar-refractivity contribution is 0.0972. The molecule has 124 valence electrons. The minimum atomic E-state index is -0.151. The molecule has 1 amide bonds. The summed E-state index contributed by atoms with van der Waals surface area (Å²) in [5.41, 5.74) is 1.15. The van der Waals surface area contributed by atoms with E-state index in [1.807, 2.05) is 28.1 Å². The Labute approximate surface area is 148 Å². The molecule has 1 fully saturated rings. The summed E-state index contributed by atoms with van der Waals surface area (Å²) in [7, 11) is 0. The number of hydrogen-bond donors (Lipinski definition) is 1. The Bertz CT molecular complexity index is 844. The van der Waals surface area contributed by atoms with Crippen molar-refractivity contribution in [2.45, 2.75) is 18.9 Å². The van der Waals surface area contributed by atoms with Gasteiger partial charge in [0.2, 0.25) is 0 Å². The van der Waals surface area contributed by atoms with Crippen LogP contribution >= 0.6 is 23.6 Å². The number of carbonyl (C=O) groups is 1. The van der Waals surface area contributed by atoms with Gasteiger partial charge >= 0.3 is 0 Å². The minimum Gasteiger partial charge on any atom is -0.348 e. The quantitative estimate of drug-likeness (QED) is 0.792. The van der Waals surface area contributed by atoms with Crippen molar-refractivity contribution < 1.29 is 4.79 Å². The minimum absolute atomic E-state index is 0.0734. The number of carbonyl (C=O) groups excluding carboxylic acids is 1. The van der Waals surface area contributed by atoms with Crippen LogP contribution < -0.4 is 10.9 Å². The van der Waals surface area contributed by atoms with Crippen molar-refractivity contribution in [1.82, 2.24) is 14.8 Å². The van der Waals surface area contributed by atoms with E-state index < -0.39 is 0 Å². The molecule has 7 heteroatoms. The maximum absolute atomic E-state index is 12.2. The second-order valence-electron chi connectivity index (χ2n) is 6.34. The van der Waals surface area contributed by atoms with Gasteiger partial charge < -0.3 is 9.47 Å². The van der Waals surface area contributed by atoms with E-state index in [-0.39, 0.29) is 17.4 Å². The van der Waals surface area contributed by atoms with E-state index in [0.717, 1.165) is 31.7 Å². The number of nitrogens with zero attached hydrogens (tertiary/aromatic N) is 2. The molecule has 0 saturated carbocycles. The number of likely N-dealkylation sites (tertiary alicyclic amines) is 1. The molecule has 2 atom stereocenters. The summed E-state index contributed by atoms with van der Waals surface area (Å²) in [6, 6.07) is 9.11. The molecule has 0 radical (unpaired) electrons. The normalized spacial score (nSPS) is 21.9. The summed E-state index contributed by atoms with van der Waals surface area (Å²) < 4.78 is 1.89. The summed E-state index contributed by atoms with van der Waals surface area (Å²) >= 11 is 6.86. The maximum atomic E-state index is 12.2. The number of aromatic nitrogens is 1. The second kappa shape index (κ2) is 6.14. The van der Waals surface area contributed by atoms with Gasteiger partial charge in [0.1, 0.15) is 0 Å². The molecule has 2 aliphatic heterocycles. The highest BCUT2D eigenvalue weighted by atomic mass is 32.1. The number of piperidine rings is 1. The third-order valence-corrected chi connectivity index (χ3v) is 5.96. The molecule has 2 aromatic rings. The molecule has 0 spiro atoms. The fourth-order valence-electron chi connectivity index (χ4n) is 3.71. The predicted molar refractivity (Wildman–Crippen MR) is 97.5 cm³/mol. The van der Waals surface area contributed by atoms with Crippen molar-refractivity contribution in [3.8, 4) is 0 Å². The number of amides is 1. The molecule has 4 rings (SSSR count). The van der Waals surface area contributed by atoms with Crippen molar-refractivity contribution >= 4 is 34.6 Å². The van der Waals surface area contributed by atoms with Crippen LogP contribution in [0.25, 0.3) is 0 Å². The molecular weight excluding hydrogens is 342 g/mol. The number of pyridine rings is 1. The van der Waals surface area contributed by atoms with E-state index in [9.17, 15) is 9.59 Å². The monoisotopic (exact) mass is 359 g/mol. The molecule has 1 saturated heterocycles. The van der Waals surface area contributed by atoms with Crippen LogP contribution in [0.15, 0.2) is 40.5 Å². The standard InChI is InChI=1S/C17H17N3O2S2/c21-15-5-1-3-13-12-7-11(9-20(13)15)8-19(10-12)17(23)18-16(22)14-4-2-6-24-14/h1-6,11-12H,7-10H2,(H,18,22,23)/t11-,12+/m0/s1. The topological polar surface area (TPSA) is 54.3 Å². The average Bonchev–Trinajstić information content (AvgIpc) is 3.10. The van der Waals surface area contributed by atoms with Gasteiger partial charge in [0.15, 0.2) is 5.11 Å². The molecular formula is C17H17N3O2S2. The third-order valence-electron chi connectivity index (χ3n) is 4.73. The first kappa shape index (κ1) is 15.5. The van der Waals surface area contributed by atoms with Gasteiger partial charge in [-0.1, -0.05) is 12.1 Å². The SMILES string of the molecule is O=C(NC(=S)N1C[C@@H]2C[C@H](C1)c1cccc(=O)n1C2)c1cccs1. The highest BCUT2D eigenvalue weighted by Crippen LogP contribution is 2.34. The van der Waals surface area contributed by atoms with Crippen LogP contribution in [0, 0.1) is 5.92 Å². The lowest BCUT2D eigenvalue weighted by Crippen LogP contribution is -2.52. The Morgan fingerprint density at radius 1 is 1.21 bits per heavy atom. The number of nitrogens with one attached hydrogen (secondary N) is 1. The van der Waals surface area contributed by atoms with Gasteiger partial charge in [0.25, 0.3) is 11.5 Å². The van der Waals surface area contributed by atoms with Crippen LogP contribution in [0.1, 0.15) is 27.7 Å². The molecule has 24 heavy (non-hydrogen) atoms. The van der Waals surface area contributed by atoms with Crippen LogP contribution in [0.4, 0.5) is 0 Å². The van der Waals surface area contributed by atoms with Gasteiger partial charge in [0.05, 0.1) is 4.88 Å². The molecule has 2 aliphatic rings. The van der Waals surface area contributed by atoms with Crippen molar-refractivity contribution in [2.24, 2.45) is 5.92 Å². The number of thiocarbonyl (C=S) groups is 1. The Morgan fingerprint density at radius 2 is 2.08 bits per heavy atom. The van der Waals surface area contributed by atoms with Gasteiger partial charge in [-0.3, -0.25) is 14.9 Å². The van der Waals surface area contributed by atoms with Crippen LogP contribution in [0.3, 0.4) is 0 Å². The van der Waals surface area contributed by atoms with E-state index in [1.165, 1.54) is 11.3 Å². The molecule has 2 bridgehead atoms. The lowest BCUT2D eigenvalue weighted by Gasteiger charge is -2.43. The van der Waals surface area contributed by atoms with Gasteiger partial charge in [-0.05, 0) is 42.1 Å². The molecule has 0 unspecified atom stereocenters. The van der Waals surface area contributed by atoms with Gasteiger partial charge in [-0.2, -0.15) is 0 Å². The van der Waals surface area contributed by atoms with E-state index in [1.54, 1.807) is 12.1 Å². The zero-order chi connectivity index (χ0) is 16.7. The van der Waals surface area contributed by atoms with E-state index in [2.05, 4.69) is 10.2 Å². The fourth-order valence-corrected chi connectivity index (χ4v) is 4.57. The zero-order valence-electron chi connectivity index (χ0n) is 13.0. The van der Waals surface area contributed by atoms with E-state index in [4.69, 9.17) is 12.2 Å². The number of hydrogen-bond acceptors (Lipinski definition) is 4. The molecule has 5 nitrogen and oxygen atoms in total. The van der Waals surface area contributed by atoms with E-state index >= 15 is 0 Å². The van der Waals surface area contributed by atoms with Crippen molar-refractivity contribution in [1.29, 1.82) is 0 Å². The van der Waals surface area contributed by atoms with Crippen molar-refractivity contribution in [3.05, 3.63) is 56.6 Å². The lowest BCUT2D eigenvalue weighted by atomic mass is 9.83. The van der Waals surface area contributed by atoms with Gasteiger partial charge in [-0.15, -0.1) is 11.3 Å². The number of fused-ring (bicyclic) bond motifs is 4. The van der Waals surface area contributed by atoms with Crippen molar-refractivity contribution in [3.63, 3.8) is 0 Å². The second-order valence-corrected chi connectivity index (χ2v) is 7.67. The van der Waals surface area contributed by atoms with Crippen LogP contribution in [-0.4, -0.2) is 33.6 Å². The average molecular weight is 359 g/mol. The van der Waals surface area contributed by atoms with Crippen LogP contribution in [0.2, 0.25) is 0 Å². The largest absolute Gasteiger partial charge is 0.348 e. The van der Waals surface area contributed by atoms with Crippen molar-refractivity contribution in [2.75, 3.05) is 13.1 Å². The summed E-state index contributed by atoms with van der Waals surface area (Å²) in [6.07, 6.45) is 1.07. The smallest absolute Gasteiger partial charge is 0.267 e. The molecule has 0 aromatic carbocycles. The Balaban J connectivity index is 1.50. The van der Waals surface area contributed by atoms with Gasteiger partial charge in [-0.25, -0.2) is 0 Å². The summed E-state index contributed by atoms with van der Waals surface area (Å²) in [6.45, 7) is 2.24. The maximum Gasteiger partial charge on any atom is 0.267 e. The van der Waals surface area contributed by atoms with Crippen LogP contribution in [-0.2, 0) is 6.54 Å². The molecule has 0 aliphatic carbocycles.